The molecule has 1 aromatic carbocycles. The zero-order valence-corrected chi connectivity index (χ0v) is 11.9. The highest BCUT2D eigenvalue weighted by Crippen LogP contribution is 2.16. The number of benzene rings is 1. The van der Waals surface area contributed by atoms with Crippen LogP contribution in [0, 0.1) is 0 Å². The first-order valence-corrected chi connectivity index (χ1v) is 7.90. The van der Waals surface area contributed by atoms with Crippen LogP contribution >= 0.6 is 0 Å². The van der Waals surface area contributed by atoms with Crippen molar-refractivity contribution in [3.05, 3.63) is 54.4 Å². The van der Waals surface area contributed by atoms with Crippen LogP contribution < -0.4 is 4.72 Å². The van der Waals surface area contributed by atoms with Crippen LogP contribution in [0.1, 0.15) is 25.5 Å². The lowest BCUT2D eigenvalue weighted by atomic mass is 10.1. The van der Waals surface area contributed by atoms with Crippen molar-refractivity contribution >= 4 is 10.0 Å². The molecule has 0 amide bonds. The molecule has 0 aliphatic heterocycles. The van der Waals surface area contributed by atoms with Gasteiger partial charge in [0.1, 0.15) is 0 Å². The zero-order valence-electron chi connectivity index (χ0n) is 11.1. The maximum atomic E-state index is 11.5. The molecule has 1 aromatic heterocycles. The first-order chi connectivity index (χ1) is 9.02. The molecule has 19 heavy (non-hydrogen) atoms. The molecule has 1 atom stereocenters. The predicted molar refractivity (Wildman–Crippen MR) is 76.8 cm³/mol. The van der Waals surface area contributed by atoms with Gasteiger partial charge in [0.05, 0.1) is 5.75 Å². The van der Waals surface area contributed by atoms with Gasteiger partial charge in [-0.05, 0) is 43.7 Å². The Morgan fingerprint density at radius 2 is 1.74 bits per heavy atom. The maximum absolute atomic E-state index is 11.5. The van der Waals surface area contributed by atoms with E-state index in [1.54, 1.807) is 6.92 Å². The molecule has 2 aromatic rings. The molecule has 0 saturated heterocycles. The minimum Gasteiger partial charge on any atom is -0.324 e. The lowest BCUT2D eigenvalue weighted by Crippen LogP contribution is -2.28. The van der Waals surface area contributed by atoms with Crippen molar-refractivity contribution < 1.29 is 8.42 Å². The van der Waals surface area contributed by atoms with Crippen LogP contribution in [-0.2, 0) is 10.0 Å². The summed E-state index contributed by atoms with van der Waals surface area (Å²) in [6.07, 6.45) is 3.94. The second kappa shape index (κ2) is 5.59. The molecule has 4 nitrogen and oxygen atoms in total. The summed E-state index contributed by atoms with van der Waals surface area (Å²) in [5.41, 5.74) is 2.01. The molecule has 1 N–H and O–H groups in total. The number of sulfonamides is 1. The minimum atomic E-state index is -3.18. The van der Waals surface area contributed by atoms with E-state index in [2.05, 4.69) is 4.72 Å². The van der Waals surface area contributed by atoms with Gasteiger partial charge in [0, 0.05) is 24.1 Å². The van der Waals surface area contributed by atoms with Gasteiger partial charge in [-0.1, -0.05) is 12.1 Å². The smallest absolute Gasteiger partial charge is 0.211 e. The zero-order chi connectivity index (χ0) is 13.9. The number of hydrogen-bond acceptors (Lipinski definition) is 2. The molecule has 0 aliphatic rings. The lowest BCUT2D eigenvalue weighted by molar-refractivity contribution is 0.568. The van der Waals surface area contributed by atoms with Gasteiger partial charge in [0.25, 0.3) is 0 Å². The molecule has 0 radical (unpaired) electrons. The van der Waals surface area contributed by atoms with Crippen molar-refractivity contribution in [3.8, 4) is 5.69 Å². The van der Waals surface area contributed by atoms with Crippen LogP contribution in [0.4, 0.5) is 0 Å². The molecule has 5 heteroatoms. The molecule has 1 heterocycles. The Morgan fingerprint density at radius 3 is 2.26 bits per heavy atom. The van der Waals surface area contributed by atoms with E-state index in [-0.39, 0.29) is 11.8 Å². The average molecular weight is 278 g/mol. The third-order valence-electron chi connectivity index (χ3n) is 3.03. The predicted octanol–water partition coefficient (Wildman–Crippen LogP) is 2.48. The molecular weight excluding hydrogens is 260 g/mol. The van der Waals surface area contributed by atoms with Gasteiger partial charge in [-0.2, -0.15) is 0 Å². The summed E-state index contributed by atoms with van der Waals surface area (Å²) < 4.78 is 27.7. The summed E-state index contributed by atoms with van der Waals surface area (Å²) in [5.74, 6) is 0.0960. The Kier molecular flexibility index (Phi) is 4.07. The number of hydrogen-bond donors (Lipinski definition) is 1. The molecule has 0 spiro atoms. The van der Waals surface area contributed by atoms with E-state index in [0.717, 1.165) is 11.3 Å². The highest BCUT2D eigenvalue weighted by Gasteiger charge is 2.13. The highest BCUT2D eigenvalue weighted by molar-refractivity contribution is 7.89. The monoisotopic (exact) mass is 278 g/mol. The number of nitrogens with zero attached hydrogens (tertiary/aromatic N) is 1. The van der Waals surface area contributed by atoms with Crippen molar-refractivity contribution in [2.24, 2.45) is 0 Å². The standard InChI is InChI=1S/C14H18N2O2S/c1-3-19(17,18)15-12(2)13-6-8-14(9-7-13)16-10-4-5-11-16/h4-12,15H,3H2,1-2H3. The van der Waals surface area contributed by atoms with Crippen LogP contribution in [0.5, 0.6) is 0 Å². The topological polar surface area (TPSA) is 51.1 Å². The van der Waals surface area contributed by atoms with E-state index in [1.807, 2.05) is 60.3 Å². The summed E-state index contributed by atoms with van der Waals surface area (Å²) in [6.45, 7) is 3.47. The number of aromatic nitrogens is 1. The van der Waals surface area contributed by atoms with E-state index in [4.69, 9.17) is 0 Å². The quantitative estimate of drug-likeness (QED) is 0.913. The molecule has 2 rings (SSSR count). The molecule has 0 aliphatic carbocycles. The maximum Gasteiger partial charge on any atom is 0.211 e. The number of rotatable bonds is 5. The molecule has 0 bridgehead atoms. The second-order valence-corrected chi connectivity index (χ2v) is 6.47. The van der Waals surface area contributed by atoms with Gasteiger partial charge in [0.15, 0.2) is 0 Å². The van der Waals surface area contributed by atoms with Gasteiger partial charge < -0.3 is 4.57 Å². The van der Waals surface area contributed by atoms with Gasteiger partial charge in [0.2, 0.25) is 10.0 Å². The first kappa shape index (κ1) is 13.8. The fourth-order valence-electron chi connectivity index (χ4n) is 1.86. The lowest BCUT2D eigenvalue weighted by Gasteiger charge is -2.14. The summed E-state index contributed by atoms with van der Waals surface area (Å²) in [5, 5.41) is 0. The molecule has 102 valence electrons. The highest BCUT2D eigenvalue weighted by atomic mass is 32.2. The van der Waals surface area contributed by atoms with Crippen molar-refractivity contribution in [2.75, 3.05) is 5.75 Å². The minimum absolute atomic E-state index is 0.0960. The van der Waals surface area contributed by atoms with Gasteiger partial charge >= 0.3 is 0 Å². The van der Waals surface area contributed by atoms with Crippen molar-refractivity contribution in [1.82, 2.24) is 9.29 Å². The Labute approximate surface area is 114 Å². The molecular formula is C14H18N2O2S. The summed E-state index contributed by atoms with van der Waals surface area (Å²) >= 11 is 0. The van der Waals surface area contributed by atoms with E-state index in [9.17, 15) is 8.42 Å². The van der Waals surface area contributed by atoms with Crippen molar-refractivity contribution in [1.29, 1.82) is 0 Å². The first-order valence-electron chi connectivity index (χ1n) is 6.25. The number of nitrogens with one attached hydrogen (secondary N) is 1. The molecule has 0 saturated carbocycles. The Morgan fingerprint density at radius 1 is 1.16 bits per heavy atom. The molecule has 0 fully saturated rings. The van der Waals surface area contributed by atoms with E-state index in [1.165, 1.54) is 0 Å². The second-order valence-electron chi connectivity index (χ2n) is 4.42. The fraction of sp³-hybridized carbons (Fsp3) is 0.286. The third-order valence-corrected chi connectivity index (χ3v) is 4.50. The van der Waals surface area contributed by atoms with Crippen LogP contribution in [0.2, 0.25) is 0 Å². The summed E-state index contributed by atoms with van der Waals surface area (Å²) in [6, 6.07) is 11.6. The average Bonchev–Trinajstić information content (AvgIpc) is 2.92. The van der Waals surface area contributed by atoms with Gasteiger partial charge in [-0.15, -0.1) is 0 Å². The Hall–Kier alpha value is -1.59. The van der Waals surface area contributed by atoms with Crippen LogP contribution in [0.25, 0.3) is 5.69 Å². The van der Waals surface area contributed by atoms with E-state index < -0.39 is 10.0 Å². The Bertz CT molecular complexity index is 616. The summed E-state index contributed by atoms with van der Waals surface area (Å²) in [7, 11) is -3.18. The SMILES string of the molecule is CCS(=O)(=O)NC(C)c1ccc(-n2cccc2)cc1. The van der Waals surface area contributed by atoms with Crippen LogP contribution in [-0.4, -0.2) is 18.7 Å². The summed E-state index contributed by atoms with van der Waals surface area (Å²) in [4.78, 5) is 0. The van der Waals surface area contributed by atoms with Gasteiger partial charge in [-0.25, -0.2) is 13.1 Å². The van der Waals surface area contributed by atoms with Crippen LogP contribution in [0.3, 0.4) is 0 Å². The molecule has 1 unspecified atom stereocenters. The normalized spacial score (nSPS) is 13.4. The van der Waals surface area contributed by atoms with Crippen molar-refractivity contribution in [3.63, 3.8) is 0 Å². The van der Waals surface area contributed by atoms with Gasteiger partial charge in [-0.3, -0.25) is 0 Å². The van der Waals surface area contributed by atoms with E-state index >= 15 is 0 Å². The third kappa shape index (κ3) is 3.45. The largest absolute Gasteiger partial charge is 0.324 e. The van der Waals surface area contributed by atoms with Crippen molar-refractivity contribution in [2.45, 2.75) is 19.9 Å². The Balaban J connectivity index is 2.14. The fourth-order valence-corrected chi connectivity index (χ4v) is 2.70. The van der Waals surface area contributed by atoms with E-state index in [0.29, 0.717) is 0 Å². The van der Waals surface area contributed by atoms with Crippen LogP contribution in [0.15, 0.2) is 48.8 Å².